The minimum Gasteiger partial charge on any atom is -0.397 e. The Kier molecular flexibility index (Phi) is 5.78. The summed E-state index contributed by atoms with van der Waals surface area (Å²) in [5.74, 6) is -1.05. The van der Waals surface area contributed by atoms with Crippen molar-refractivity contribution in [2.45, 2.75) is 43.0 Å². The van der Waals surface area contributed by atoms with E-state index < -0.39 is 40.4 Å². The Hall–Kier alpha value is -1.92. The van der Waals surface area contributed by atoms with Crippen LogP contribution in [0.1, 0.15) is 30.3 Å². The van der Waals surface area contributed by atoms with Gasteiger partial charge in [0.1, 0.15) is 4.90 Å². The average molecular weight is 396 g/mol. The molecule has 1 aliphatic rings. The molecule has 1 unspecified atom stereocenters. The minimum atomic E-state index is -4.88. The van der Waals surface area contributed by atoms with Crippen LogP contribution in [0.25, 0.3) is 0 Å². The zero-order valence-electron chi connectivity index (χ0n) is 13.8. The number of aromatic nitrogens is 1. The van der Waals surface area contributed by atoms with E-state index in [4.69, 9.17) is 10.8 Å². The number of nitrogen functional groups attached to an aromatic ring is 1. The second kappa shape index (κ2) is 7.37. The molecule has 0 radical (unpaired) electrons. The van der Waals surface area contributed by atoms with Crippen LogP contribution in [0.3, 0.4) is 0 Å². The summed E-state index contributed by atoms with van der Waals surface area (Å²) in [4.78, 5) is 15.4. The lowest BCUT2D eigenvalue weighted by atomic mass is 10.2. The molecule has 26 heavy (non-hydrogen) atoms. The Morgan fingerprint density at radius 1 is 1.54 bits per heavy atom. The van der Waals surface area contributed by atoms with E-state index in [0.29, 0.717) is 6.54 Å². The summed E-state index contributed by atoms with van der Waals surface area (Å²) in [5.41, 5.74) is 4.94. The summed E-state index contributed by atoms with van der Waals surface area (Å²) in [6.45, 7) is 1.06. The molecule has 0 aromatic carbocycles. The van der Waals surface area contributed by atoms with E-state index in [1.54, 1.807) is 6.92 Å². The van der Waals surface area contributed by atoms with Gasteiger partial charge in [-0.25, -0.2) is 13.4 Å². The van der Waals surface area contributed by atoms with Crippen LogP contribution >= 0.6 is 0 Å². The Morgan fingerprint density at radius 3 is 2.69 bits per heavy atom. The van der Waals surface area contributed by atoms with Crippen molar-refractivity contribution in [3.8, 4) is 0 Å². The van der Waals surface area contributed by atoms with Crippen LogP contribution in [0, 0.1) is 0 Å². The van der Waals surface area contributed by atoms with Crippen molar-refractivity contribution in [1.29, 1.82) is 0 Å². The number of aliphatic hydroxyl groups is 1. The summed E-state index contributed by atoms with van der Waals surface area (Å²) >= 11 is 0. The molecule has 1 aromatic rings. The maximum atomic E-state index is 12.6. The maximum Gasteiger partial charge on any atom is 0.416 e. The van der Waals surface area contributed by atoms with Crippen molar-refractivity contribution < 1.29 is 31.5 Å². The summed E-state index contributed by atoms with van der Waals surface area (Å²) in [7, 11) is -3.83. The second-order valence-corrected chi connectivity index (χ2v) is 7.87. The topological polar surface area (TPSA) is 126 Å². The van der Waals surface area contributed by atoms with Gasteiger partial charge >= 0.3 is 6.18 Å². The molecule has 0 spiro atoms. The normalized spacial score (nSPS) is 20.1. The highest BCUT2D eigenvalue weighted by Gasteiger charge is 2.38. The Balaban J connectivity index is 2.15. The number of carbonyl (C=O) groups is 1. The van der Waals surface area contributed by atoms with Crippen LogP contribution in [0.5, 0.6) is 0 Å². The van der Waals surface area contributed by atoms with Crippen LogP contribution in [0.2, 0.25) is 0 Å². The molecule has 1 aromatic heterocycles. The highest BCUT2D eigenvalue weighted by atomic mass is 32.2. The first-order valence-electron chi connectivity index (χ1n) is 7.75. The third kappa shape index (κ3) is 4.24. The van der Waals surface area contributed by atoms with Crippen molar-refractivity contribution in [3.05, 3.63) is 18.0 Å². The number of nitrogens with two attached hydrogens (primary N) is 1. The lowest BCUT2D eigenvalue weighted by Gasteiger charge is -2.21. The lowest BCUT2D eigenvalue weighted by Crippen LogP contribution is -2.41. The van der Waals surface area contributed by atoms with Crippen LogP contribution in [-0.2, 0) is 10.0 Å². The number of anilines is 1. The Bertz CT molecular complexity index is 785. The fourth-order valence-electron chi connectivity index (χ4n) is 2.58. The number of carbonyl (C=O) groups excluding carboxylic acids is 1. The number of hydrogen-bond donors (Lipinski definition) is 3. The van der Waals surface area contributed by atoms with E-state index in [1.807, 2.05) is 5.32 Å². The van der Waals surface area contributed by atoms with Crippen LogP contribution in [0.15, 0.2) is 17.2 Å². The lowest BCUT2D eigenvalue weighted by molar-refractivity contribution is -0.201. The molecule has 0 aliphatic carbocycles. The number of aliphatic hydroxyl groups excluding tert-OH is 1. The summed E-state index contributed by atoms with van der Waals surface area (Å²) < 4.78 is 63.2. The number of sulfonamides is 1. The molecule has 146 valence electrons. The van der Waals surface area contributed by atoms with Crippen molar-refractivity contribution in [2.24, 2.45) is 0 Å². The summed E-state index contributed by atoms with van der Waals surface area (Å²) in [6.07, 6.45) is -5.22. The quantitative estimate of drug-likeness (QED) is 0.665. The van der Waals surface area contributed by atoms with E-state index >= 15 is 0 Å². The molecule has 1 amide bonds. The monoisotopic (exact) mass is 396 g/mol. The number of halogens is 3. The molecule has 0 saturated carbocycles. The molecule has 1 saturated heterocycles. The van der Waals surface area contributed by atoms with Gasteiger partial charge in [0.2, 0.25) is 10.0 Å². The van der Waals surface area contributed by atoms with Gasteiger partial charge in [0.05, 0.1) is 12.2 Å². The van der Waals surface area contributed by atoms with Crippen molar-refractivity contribution in [3.63, 3.8) is 0 Å². The van der Waals surface area contributed by atoms with Gasteiger partial charge in [-0.2, -0.15) is 17.5 Å². The molecule has 2 rings (SSSR count). The number of rotatable bonds is 5. The summed E-state index contributed by atoms with van der Waals surface area (Å²) in [5, 5.41) is 10.7. The average Bonchev–Trinajstić information content (AvgIpc) is 2.98. The first-order chi connectivity index (χ1) is 11.9. The van der Waals surface area contributed by atoms with Crippen molar-refractivity contribution in [1.82, 2.24) is 14.6 Å². The van der Waals surface area contributed by atoms with Gasteiger partial charge in [-0.15, -0.1) is 0 Å². The van der Waals surface area contributed by atoms with E-state index in [1.165, 1.54) is 4.31 Å². The number of nitrogens with one attached hydrogen (secondary N) is 1. The Labute approximate surface area is 148 Å². The number of pyridine rings is 1. The van der Waals surface area contributed by atoms with Gasteiger partial charge in [-0.05, 0) is 25.8 Å². The molecule has 2 heterocycles. The molecular formula is C14H19F3N4O4S. The fraction of sp³-hybridized carbons (Fsp3) is 0.571. The molecule has 1 fully saturated rings. The minimum absolute atomic E-state index is 0.173. The molecule has 12 heteroatoms. The zero-order chi connectivity index (χ0) is 19.7. The standard InChI is InChI=1S/C14H19F3N4O4S/c1-8-3-2-4-21(8)26(24,25)9-5-10(18)12(19-6-9)13(23)20-7-11(22)14(15,16)17/h5-6,8,11,22H,2-4,7,18H2,1H3,(H,20,23)/t8-,11?/m1/s1. The predicted molar refractivity (Wildman–Crippen MR) is 85.6 cm³/mol. The van der Waals surface area contributed by atoms with E-state index in [2.05, 4.69) is 4.98 Å². The van der Waals surface area contributed by atoms with Gasteiger partial charge in [0.25, 0.3) is 5.91 Å². The van der Waals surface area contributed by atoms with Gasteiger partial charge < -0.3 is 16.2 Å². The first-order valence-corrected chi connectivity index (χ1v) is 9.19. The Morgan fingerprint density at radius 2 is 2.19 bits per heavy atom. The maximum absolute atomic E-state index is 12.6. The van der Waals surface area contributed by atoms with Gasteiger partial charge in [-0.3, -0.25) is 4.79 Å². The second-order valence-electron chi connectivity index (χ2n) is 5.98. The molecule has 4 N–H and O–H groups in total. The molecule has 1 aliphatic heterocycles. The number of alkyl halides is 3. The fourth-order valence-corrected chi connectivity index (χ4v) is 4.26. The van der Waals surface area contributed by atoms with E-state index in [-0.39, 0.29) is 16.6 Å². The first kappa shape index (κ1) is 20.4. The van der Waals surface area contributed by atoms with E-state index in [0.717, 1.165) is 25.1 Å². The number of hydrogen-bond acceptors (Lipinski definition) is 6. The molecular weight excluding hydrogens is 377 g/mol. The third-order valence-corrected chi connectivity index (χ3v) is 6.02. The molecule has 0 bridgehead atoms. The van der Waals surface area contributed by atoms with Crippen molar-refractivity contribution >= 4 is 21.6 Å². The van der Waals surface area contributed by atoms with Crippen molar-refractivity contribution in [2.75, 3.05) is 18.8 Å². The SMILES string of the molecule is C[C@@H]1CCCN1S(=O)(=O)c1cnc(C(=O)NCC(O)C(F)(F)F)c(N)c1. The van der Waals surface area contributed by atoms with E-state index in [9.17, 15) is 26.4 Å². The zero-order valence-corrected chi connectivity index (χ0v) is 14.6. The molecule has 8 nitrogen and oxygen atoms in total. The third-order valence-electron chi connectivity index (χ3n) is 4.04. The summed E-state index contributed by atoms with van der Waals surface area (Å²) in [6, 6.07) is 0.871. The van der Waals surface area contributed by atoms with Gasteiger partial charge in [-0.1, -0.05) is 0 Å². The van der Waals surface area contributed by atoms with Gasteiger partial charge in [0, 0.05) is 18.8 Å². The smallest absolute Gasteiger partial charge is 0.397 e. The highest BCUT2D eigenvalue weighted by Crippen LogP contribution is 2.27. The van der Waals surface area contributed by atoms with Crippen LogP contribution in [-0.4, -0.2) is 60.1 Å². The highest BCUT2D eigenvalue weighted by molar-refractivity contribution is 7.89. The van der Waals surface area contributed by atoms with Crippen LogP contribution in [0.4, 0.5) is 18.9 Å². The molecule has 2 atom stereocenters. The largest absolute Gasteiger partial charge is 0.416 e. The number of nitrogens with zero attached hydrogens (tertiary/aromatic N) is 2. The van der Waals surface area contributed by atoms with Crippen LogP contribution < -0.4 is 11.1 Å². The van der Waals surface area contributed by atoms with Gasteiger partial charge in [0.15, 0.2) is 11.8 Å². The number of amides is 1. The predicted octanol–water partition coefficient (Wildman–Crippen LogP) is 0.490.